The van der Waals surface area contributed by atoms with E-state index in [1.54, 1.807) is 6.07 Å². The summed E-state index contributed by atoms with van der Waals surface area (Å²) >= 11 is 0. The first-order chi connectivity index (χ1) is 15.9. The monoisotopic (exact) mass is 448 g/mol. The van der Waals surface area contributed by atoms with E-state index in [0.717, 1.165) is 10.1 Å². The van der Waals surface area contributed by atoms with Gasteiger partial charge in [0.15, 0.2) is 5.65 Å². The van der Waals surface area contributed by atoms with Crippen LogP contribution in [0.1, 0.15) is 5.56 Å². The fraction of sp³-hybridized carbons (Fsp3) is 0.182. The Morgan fingerprint density at radius 3 is 2.82 bits per heavy atom. The molecule has 0 aliphatic heterocycles. The van der Waals surface area contributed by atoms with E-state index >= 15 is 0 Å². The molecule has 11 heteroatoms. The van der Waals surface area contributed by atoms with Gasteiger partial charge < -0.3 is 10.1 Å². The van der Waals surface area contributed by atoms with Gasteiger partial charge in [0.05, 0.1) is 17.7 Å². The molecule has 0 fully saturated rings. The van der Waals surface area contributed by atoms with E-state index in [1.807, 2.05) is 31.2 Å². The van der Waals surface area contributed by atoms with Crippen LogP contribution in [0.5, 0.6) is 5.75 Å². The number of hydrogen-bond acceptors (Lipinski definition) is 7. The molecule has 33 heavy (non-hydrogen) atoms. The normalized spacial score (nSPS) is 10.8. The molecule has 2 aromatic heterocycles. The molecule has 0 saturated heterocycles. The van der Waals surface area contributed by atoms with Crippen molar-refractivity contribution in [2.75, 3.05) is 13.2 Å². The van der Waals surface area contributed by atoms with Gasteiger partial charge in [0.25, 0.3) is 11.2 Å². The van der Waals surface area contributed by atoms with E-state index in [2.05, 4.69) is 15.4 Å². The zero-order chi connectivity index (χ0) is 23.4. The smallest absolute Gasteiger partial charge is 0.294 e. The molecule has 1 N–H and O–H groups in total. The van der Waals surface area contributed by atoms with Crippen molar-refractivity contribution in [3.8, 4) is 11.4 Å². The molecular formula is C22H20N6O5. The molecule has 2 heterocycles. The predicted octanol–water partition coefficient (Wildman–Crippen LogP) is 1.99. The quantitative estimate of drug-likeness (QED) is 0.247. The molecule has 4 rings (SSSR count). The fourth-order valence-electron chi connectivity index (χ4n) is 3.31. The molecule has 4 aromatic rings. The maximum absolute atomic E-state index is 12.8. The van der Waals surface area contributed by atoms with Crippen LogP contribution in [-0.2, 0) is 11.3 Å². The van der Waals surface area contributed by atoms with Gasteiger partial charge in [0.1, 0.15) is 36.3 Å². The fourth-order valence-corrected chi connectivity index (χ4v) is 3.31. The summed E-state index contributed by atoms with van der Waals surface area (Å²) < 4.78 is 7.98. The molecule has 11 nitrogen and oxygen atoms in total. The minimum absolute atomic E-state index is 0.145. The van der Waals surface area contributed by atoms with Gasteiger partial charge >= 0.3 is 0 Å². The molecule has 0 atom stereocenters. The summed E-state index contributed by atoms with van der Waals surface area (Å²) in [5.41, 5.74) is 0.784. The summed E-state index contributed by atoms with van der Waals surface area (Å²) in [6, 6.07) is 13.6. The van der Waals surface area contributed by atoms with Crippen LogP contribution in [0.15, 0.2) is 65.8 Å². The van der Waals surface area contributed by atoms with Gasteiger partial charge in [-0.2, -0.15) is 5.10 Å². The van der Waals surface area contributed by atoms with Crippen LogP contribution in [0.4, 0.5) is 5.69 Å². The van der Waals surface area contributed by atoms with E-state index in [9.17, 15) is 19.7 Å². The van der Waals surface area contributed by atoms with Gasteiger partial charge in [-0.15, -0.1) is 0 Å². The Morgan fingerprint density at radius 1 is 1.21 bits per heavy atom. The first-order valence-electron chi connectivity index (χ1n) is 10.1. The molecule has 0 unspecified atom stereocenters. The minimum Gasteiger partial charge on any atom is -0.492 e. The lowest BCUT2D eigenvalue weighted by atomic mass is 10.2. The number of rotatable bonds is 8. The van der Waals surface area contributed by atoms with Crippen LogP contribution in [0.2, 0.25) is 0 Å². The number of nitro benzene ring substituents is 1. The second kappa shape index (κ2) is 9.30. The molecule has 0 spiro atoms. The van der Waals surface area contributed by atoms with Crippen LogP contribution < -0.4 is 15.6 Å². The zero-order valence-corrected chi connectivity index (χ0v) is 17.7. The Morgan fingerprint density at radius 2 is 2.03 bits per heavy atom. The van der Waals surface area contributed by atoms with Crippen LogP contribution in [0.3, 0.4) is 0 Å². The standard InChI is InChI=1S/C22H20N6O5/c1-15-5-4-6-16(11-15)33-10-9-23-20(29)13-26-14-24-21-17(22(26)30)12-25-27(21)18-7-2-3-8-19(18)28(31)32/h2-8,11-12,14H,9-10,13H2,1H3,(H,23,29). The molecule has 0 aliphatic rings. The van der Waals surface area contributed by atoms with Gasteiger partial charge in [0.2, 0.25) is 5.91 Å². The SMILES string of the molecule is Cc1cccc(OCCNC(=O)Cn2cnc3c(cnn3-c3ccccc3[N+](=O)[O-])c2=O)c1. The number of amides is 1. The highest BCUT2D eigenvalue weighted by atomic mass is 16.6. The first-order valence-corrected chi connectivity index (χ1v) is 10.1. The zero-order valence-electron chi connectivity index (χ0n) is 17.7. The topological polar surface area (TPSA) is 134 Å². The average Bonchev–Trinajstić information content (AvgIpc) is 3.23. The van der Waals surface area contributed by atoms with Crippen molar-refractivity contribution < 1.29 is 14.5 Å². The third kappa shape index (κ3) is 4.71. The Hall–Kier alpha value is -4.54. The van der Waals surface area contributed by atoms with Gasteiger partial charge in [-0.05, 0) is 30.7 Å². The first kappa shape index (κ1) is 21.7. The maximum Gasteiger partial charge on any atom is 0.294 e. The molecule has 0 saturated carbocycles. The highest BCUT2D eigenvalue weighted by Gasteiger charge is 2.19. The van der Waals surface area contributed by atoms with Crippen LogP contribution >= 0.6 is 0 Å². The molecule has 0 bridgehead atoms. The number of fused-ring (bicyclic) bond motifs is 1. The average molecular weight is 448 g/mol. The summed E-state index contributed by atoms with van der Waals surface area (Å²) in [5.74, 6) is 0.336. The summed E-state index contributed by atoms with van der Waals surface area (Å²) in [6.07, 6.45) is 2.51. The van der Waals surface area contributed by atoms with E-state index in [4.69, 9.17) is 4.74 Å². The van der Waals surface area contributed by atoms with Crippen molar-refractivity contribution >= 4 is 22.6 Å². The lowest BCUT2D eigenvalue weighted by Gasteiger charge is -2.09. The van der Waals surface area contributed by atoms with Crippen molar-refractivity contribution in [2.45, 2.75) is 13.5 Å². The number of nitrogens with one attached hydrogen (secondary N) is 1. The summed E-state index contributed by atoms with van der Waals surface area (Å²) in [5, 5.41) is 18.3. The Balaban J connectivity index is 1.44. The van der Waals surface area contributed by atoms with Gasteiger partial charge in [-0.1, -0.05) is 24.3 Å². The largest absolute Gasteiger partial charge is 0.492 e. The highest BCUT2D eigenvalue weighted by molar-refractivity contribution is 5.78. The number of carbonyl (C=O) groups is 1. The molecule has 0 radical (unpaired) electrons. The van der Waals surface area contributed by atoms with E-state index in [0.29, 0.717) is 5.75 Å². The van der Waals surface area contributed by atoms with Crippen molar-refractivity contribution in [3.05, 3.63) is 87.1 Å². The maximum atomic E-state index is 12.8. The lowest BCUT2D eigenvalue weighted by molar-refractivity contribution is -0.384. The Kier molecular flexibility index (Phi) is 6.11. The number of carbonyl (C=O) groups excluding carboxylic acids is 1. The summed E-state index contributed by atoms with van der Waals surface area (Å²) in [6.45, 7) is 2.28. The molecule has 168 valence electrons. The molecular weight excluding hydrogens is 428 g/mol. The number of hydrogen-bond donors (Lipinski definition) is 1. The number of ether oxygens (including phenoxy) is 1. The van der Waals surface area contributed by atoms with Crippen molar-refractivity contribution in [1.29, 1.82) is 0 Å². The van der Waals surface area contributed by atoms with E-state index in [-0.39, 0.29) is 48.0 Å². The van der Waals surface area contributed by atoms with Crippen molar-refractivity contribution in [2.24, 2.45) is 0 Å². The number of para-hydroxylation sites is 2. The number of benzene rings is 2. The molecule has 2 aromatic carbocycles. The highest BCUT2D eigenvalue weighted by Crippen LogP contribution is 2.23. The predicted molar refractivity (Wildman–Crippen MR) is 119 cm³/mol. The lowest BCUT2D eigenvalue weighted by Crippen LogP contribution is -2.34. The molecule has 0 aliphatic carbocycles. The van der Waals surface area contributed by atoms with Crippen molar-refractivity contribution in [1.82, 2.24) is 24.6 Å². The third-order valence-corrected chi connectivity index (χ3v) is 4.86. The molecule has 1 amide bonds. The summed E-state index contributed by atoms with van der Waals surface area (Å²) in [4.78, 5) is 40.1. The second-order valence-electron chi connectivity index (χ2n) is 7.23. The minimum atomic E-state index is -0.531. The third-order valence-electron chi connectivity index (χ3n) is 4.86. The van der Waals surface area contributed by atoms with Gasteiger partial charge in [0, 0.05) is 6.07 Å². The summed E-state index contributed by atoms with van der Waals surface area (Å²) in [7, 11) is 0. The van der Waals surface area contributed by atoms with Crippen molar-refractivity contribution in [3.63, 3.8) is 0 Å². The van der Waals surface area contributed by atoms with E-state index in [1.165, 1.54) is 35.4 Å². The van der Waals surface area contributed by atoms with Gasteiger partial charge in [-0.25, -0.2) is 9.67 Å². The number of aryl methyl sites for hydroxylation is 1. The Labute approximate surface area is 187 Å². The number of aromatic nitrogens is 4. The second-order valence-corrected chi connectivity index (χ2v) is 7.23. The number of nitro groups is 1. The number of nitrogens with zero attached hydrogens (tertiary/aromatic N) is 5. The van der Waals surface area contributed by atoms with E-state index < -0.39 is 10.5 Å². The van der Waals surface area contributed by atoms with Crippen LogP contribution in [0, 0.1) is 17.0 Å². The Bertz CT molecular complexity index is 1390. The van der Waals surface area contributed by atoms with Gasteiger partial charge in [-0.3, -0.25) is 24.3 Å². The van der Waals surface area contributed by atoms with Crippen LogP contribution in [-0.4, -0.2) is 43.3 Å². The van der Waals surface area contributed by atoms with Crippen LogP contribution in [0.25, 0.3) is 16.7 Å².